The van der Waals surface area contributed by atoms with Gasteiger partial charge in [0, 0.05) is 25.0 Å². The number of methoxy groups -OCH3 is 1. The Bertz CT molecular complexity index is 705. The molecule has 2 unspecified atom stereocenters. The number of hydrogen-bond donors (Lipinski definition) is 0. The summed E-state index contributed by atoms with van der Waals surface area (Å²) in [4.78, 5) is 39.5. The van der Waals surface area contributed by atoms with Crippen LogP contribution in [0.3, 0.4) is 0 Å². The van der Waals surface area contributed by atoms with Crippen LogP contribution in [0.15, 0.2) is 12.1 Å². The summed E-state index contributed by atoms with van der Waals surface area (Å²) in [7, 11) is 1.44. The fraction of sp³-hybridized carbons (Fsp3) is 0.556. The van der Waals surface area contributed by atoms with Crippen LogP contribution in [-0.2, 0) is 31.8 Å². The largest absolute Gasteiger partial charge is 0.433 e. The lowest BCUT2D eigenvalue weighted by Crippen LogP contribution is -2.32. The van der Waals surface area contributed by atoms with Gasteiger partial charge in [-0.2, -0.15) is 13.2 Å². The Kier molecular flexibility index (Phi) is 7.20. The number of rotatable bonds is 8. The molecule has 1 aromatic rings. The maximum Gasteiger partial charge on any atom is 0.433 e. The first-order chi connectivity index (χ1) is 12.8. The molecule has 0 aliphatic heterocycles. The van der Waals surface area contributed by atoms with Crippen LogP contribution < -0.4 is 0 Å². The van der Waals surface area contributed by atoms with Gasteiger partial charge in [0.1, 0.15) is 17.8 Å². The number of aldehydes is 1. The van der Waals surface area contributed by atoms with Gasteiger partial charge in [0.05, 0.1) is 31.4 Å². The lowest BCUT2D eigenvalue weighted by atomic mass is 9.77. The van der Waals surface area contributed by atoms with Crippen molar-refractivity contribution in [1.29, 1.82) is 0 Å². The molecule has 148 valence electrons. The van der Waals surface area contributed by atoms with E-state index in [1.165, 1.54) is 7.11 Å². The predicted molar refractivity (Wildman–Crippen MR) is 87.0 cm³/mol. The highest BCUT2D eigenvalue weighted by Crippen LogP contribution is 2.31. The third-order valence-corrected chi connectivity index (χ3v) is 4.40. The van der Waals surface area contributed by atoms with E-state index in [0.717, 1.165) is 6.07 Å². The first kappa shape index (κ1) is 21.2. The van der Waals surface area contributed by atoms with Crippen LogP contribution in [0.5, 0.6) is 0 Å². The second-order valence-corrected chi connectivity index (χ2v) is 6.29. The van der Waals surface area contributed by atoms with Crippen molar-refractivity contribution >= 4 is 17.9 Å². The van der Waals surface area contributed by atoms with E-state index in [1.807, 2.05) is 0 Å². The molecule has 1 aromatic heterocycles. The van der Waals surface area contributed by atoms with E-state index in [9.17, 15) is 27.6 Å². The average molecular weight is 387 g/mol. The molecule has 0 aromatic carbocycles. The van der Waals surface area contributed by atoms with Gasteiger partial charge in [-0.05, 0) is 25.0 Å². The second kappa shape index (κ2) is 9.18. The molecular formula is C18H20F3NO5. The van der Waals surface area contributed by atoms with Gasteiger partial charge in [0.2, 0.25) is 0 Å². The number of carbonyl (C=O) groups is 3. The highest BCUT2D eigenvalue weighted by atomic mass is 19.4. The van der Waals surface area contributed by atoms with Crippen LogP contribution in [0, 0.1) is 11.8 Å². The molecule has 1 fully saturated rings. The molecule has 9 heteroatoms. The summed E-state index contributed by atoms with van der Waals surface area (Å²) in [6.07, 6.45) is -3.44. The summed E-state index contributed by atoms with van der Waals surface area (Å²) in [5.74, 6) is -2.41. The van der Waals surface area contributed by atoms with Crippen molar-refractivity contribution in [2.45, 2.75) is 32.0 Å². The lowest BCUT2D eigenvalue weighted by molar-refractivity contribution is -0.141. The Balaban J connectivity index is 2.30. The van der Waals surface area contributed by atoms with Gasteiger partial charge in [-0.1, -0.05) is 0 Å². The van der Waals surface area contributed by atoms with E-state index in [4.69, 9.17) is 9.47 Å². The molecule has 2 atom stereocenters. The molecule has 0 bridgehead atoms. The molecular weight excluding hydrogens is 367 g/mol. The van der Waals surface area contributed by atoms with E-state index < -0.39 is 29.5 Å². The highest BCUT2D eigenvalue weighted by Gasteiger charge is 2.37. The minimum Gasteiger partial charge on any atom is -0.382 e. The number of aromatic nitrogens is 1. The van der Waals surface area contributed by atoms with Gasteiger partial charge in [-0.15, -0.1) is 0 Å². The van der Waals surface area contributed by atoms with Crippen LogP contribution in [0.4, 0.5) is 13.2 Å². The Morgan fingerprint density at radius 1 is 1.33 bits per heavy atom. The van der Waals surface area contributed by atoms with E-state index in [-0.39, 0.29) is 49.7 Å². The zero-order valence-electron chi connectivity index (χ0n) is 14.8. The number of nitrogens with zero attached hydrogens (tertiary/aromatic N) is 1. The molecule has 0 N–H and O–H groups in total. The Hall–Kier alpha value is -2.13. The minimum absolute atomic E-state index is 0.0617. The number of ketones is 2. The summed E-state index contributed by atoms with van der Waals surface area (Å²) < 4.78 is 48.9. The molecule has 6 nitrogen and oxygen atoms in total. The molecule has 1 heterocycles. The SMILES string of the molecule is COCCOCc1nc(C(F)(F)F)ccc1C(=O)C1CC(C=O)CCC1=O. The van der Waals surface area contributed by atoms with Crippen LogP contribution in [-0.4, -0.2) is 43.2 Å². The zero-order chi connectivity index (χ0) is 20.0. The van der Waals surface area contributed by atoms with Crippen LogP contribution >= 0.6 is 0 Å². The molecule has 0 saturated heterocycles. The van der Waals surface area contributed by atoms with Crippen molar-refractivity contribution in [2.75, 3.05) is 20.3 Å². The standard InChI is InChI=1S/C18H20F3NO5/c1-26-6-7-27-10-14-12(3-5-16(22-14)18(19,20)21)17(25)13-8-11(9-23)2-4-15(13)24/h3,5,9,11,13H,2,4,6-8,10H2,1H3. The average Bonchev–Trinajstić information content (AvgIpc) is 2.64. The number of hydrogen-bond acceptors (Lipinski definition) is 6. The summed E-state index contributed by atoms with van der Waals surface area (Å²) in [5, 5.41) is 0. The Morgan fingerprint density at radius 2 is 2.07 bits per heavy atom. The van der Waals surface area contributed by atoms with Crippen molar-refractivity contribution in [2.24, 2.45) is 11.8 Å². The van der Waals surface area contributed by atoms with E-state index in [1.54, 1.807) is 0 Å². The third kappa shape index (κ3) is 5.43. The van der Waals surface area contributed by atoms with Gasteiger partial charge in [0.25, 0.3) is 0 Å². The van der Waals surface area contributed by atoms with Crippen molar-refractivity contribution < 1.29 is 37.0 Å². The fourth-order valence-corrected chi connectivity index (χ4v) is 2.92. The molecule has 2 rings (SSSR count). The van der Waals surface area contributed by atoms with Crippen molar-refractivity contribution in [3.8, 4) is 0 Å². The minimum atomic E-state index is -4.67. The van der Waals surface area contributed by atoms with E-state index in [2.05, 4.69) is 4.98 Å². The summed E-state index contributed by atoms with van der Waals surface area (Å²) >= 11 is 0. The van der Waals surface area contributed by atoms with E-state index in [0.29, 0.717) is 18.8 Å². The quantitative estimate of drug-likeness (QED) is 0.295. The first-order valence-corrected chi connectivity index (χ1v) is 8.44. The topological polar surface area (TPSA) is 82.6 Å². The molecule has 1 aliphatic rings. The first-order valence-electron chi connectivity index (χ1n) is 8.44. The predicted octanol–water partition coefficient (Wildman–Crippen LogP) is 2.63. The highest BCUT2D eigenvalue weighted by molar-refractivity contribution is 6.11. The van der Waals surface area contributed by atoms with Crippen molar-refractivity contribution in [3.63, 3.8) is 0 Å². The maximum atomic E-state index is 13.0. The van der Waals surface area contributed by atoms with Gasteiger partial charge < -0.3 is 14.3 Å². The van der Waals surface area contributed by atoms with E-state index >= 15 is 0 Å². The second-order valence-electron chi connectivity index (χ2n) is 6.29. The maximum absolute atomic E-state index is 13.0. The van der Waals surface area contributed by atoms with Crippen LogP contribution in [0.25, 0.3) is 0 Å². The number of alkyl halides is 3. The summed E-state index contributed by atoms with van der Waals surface area (Å²) in [6.45, 7) is 0.00830. The monoisotopic (exact) mass is 387 g/mol. The molecule has 0 spiro atoms. The number of Topliss-reactive ketones (excluding diaryl/α,β-unsaturated/α-hetero) is 2. The molecule has 1 aliphatic carbocycles. The van der Waals surface area contributed by atoms with Crippen LogP contribution in [0.1, 0.15) is 41.0 Å². The molecule has 0 amide bonds. The van der Waals surface area contributed by atoms with Crippen molar-refractivity contribution in [1.82, 2.24) is 4.98 Å². The number of halogens is 3. The smallest absolute Gasteiger partial charge is 0.382 e. The Morgan fingerprint density at radius 3 is 2.70 bits per heavy atom. The van der Waals surface area contributed by atoms with Gasteiger partial charge in [0.15, 0.2) is 5.78 Å². The van der Waals surface area contributed by atoms with Crippen molar-refractivity contribution in [3.05, 3.63) is 29.1 Å². The lowest BCUT2D eigenvalue weighted by Gasteiger charge is -2.24. The molecule has 1 saturated carbocycles. The molecule has 27 heavy (non-hydrogen) atoms. The number of ether oxygens (including phenoxy) is 2. The number of pyridine rings is 1. The molecule has 0 radical (unpaired) electrons. The zero-order valence-corrected chi connectivity index (χ0v) is 14.8. The fourth-order valence-electron chi connectivity index (χ4n) is 2.92. The normalized spacial score (nSPS) is 20.5. The number of carbonyl (C=O) groups excluding carboxylic acids is 3. The van der Waals surface area contributed by atoms with Gasteiger partial charge in [-0.3, -0.25) is 9.59 Å². The summed E-state index contributed by atoms with van der Waals surface area (Å²) in [5.41, 5.74) is -1.43. The van der Waals surface area contributed by atoms with Gasteiger partial charge in [-0.25, -0.2) is 4.98 Å². The van der Waals surface area contributed by atoms with Gasteiger partial charge >= 0.3 is 6.18 Å². The van der Waals surface area contributed by atoms with Crippen LogP contribution in [0.2, 0.25) is 0 Å². The summed E-state index contributed by atoms with van der Waals surface area (Å²) in [6, 6.07) is 1.72. The Labute approximate surface area is 154 Å². The third-order valence-electron chi connectivity index (χ3n) is 4.40.